The van der Waals surface area contributed by atoms with Crippen molar-refractivity contribution in [1.29, 1.82) is 0 Å². The van der Waals surface area contributed by atoms with Crippen LogP contribution in [0.25, 0.3) is 0 Å². The van der Waals surface area contributed by atoms with Crippen molar-refractivity contribution in [2.24, 2.45) is 0 Å². The second-order valence-electron chi connectivity index (χ2n) is 7.65. The number of benzene rings is 2. The number of amides is 1. The number of rotatable bonds is 8. The van der Waals surface area contributed by atoms with Crippen molar-refractivity contribution < 1.29 is 26.0 Å². The van der Waals surface area contributed by atoms with Crippen LogP contribution in [0.5, 0.6) is 0 Å². The van der Waals surface area contributed by atoms with Crippen molar-refractivity contribution in [2.75, 3.05) is 31.5 Å². The largest absolute Gasteiger partial charge is 0.321 e. The monoisotopic (exact) mass is 497 g/mol. The van der Waals surface area contributed by atoms with Crippen LogP contribution < -0.4 is 5.32 Å². The van der Waals surface area contributed by atoms with Crippen molar-refractivity contribution >= 4 is 31.6 Å². The van der Waals surface area contributed by atoms with Crippen molar-refractivity contribution in [3.63, 3.8) is 0 Å². The van der Waals surface area contributed by atoms with Gasteiger partial charge in [0.2, 0.25) is 20.0 Å². The van der Waals surface area contributed by atoms with Gasteiger partial charge < -0.3 is 5.32 Å². The molecule has 0 bridgehead atoms. The number of halogens is 1. The number of nitrogens with zero attached hydrogens (tertiary/aromatic N) is 2. The summed E-state index contributed by atoms with van der Waals surface area (Å²) in [6.45, 7) is 4.39. The Bertz CT molecular complexity index is 1220. The Morgan fingerprint density at radius 1 is 0.970 bits per heavy atom. The molecular formula is C22H28FN3O5S2. The van der Waals surface area contributed by atoms with Gasteiger partial charge in [0.05, 0.1) is 5.69 Å². The highest BCUT2D eigenvalue weighted by Crippen LogP contribution is 2.28. The van der Waals surface area contributed by atoms with E-state index in [1.165, 1.54) is 16.4 Å². The molecule has 1 amide bonds. The van der Waals surface area contributed by atoms with E-state index in [-0.39, 0.29) is 29.2 Å². The predicted molar refractivity (Wildman–Crippen MR) is 124 cm³/mol. The van der Waals surface area contributed by atoms with Crippen molar-refractivity contribution in [3.8, 4) is 0 Å². The summed E-state index contributed by atoms with van der Waals surface area (Å²) in [5.41, 5.74) is -0.0298. The standard InChI is InChI=1S/C22H28FN3O5S2/c1-3-25(4-2)33(30,31)21-16-17(12-13-18(21)23)22(27)24-19-10-6-7-11-20(19)32(28,29)26-14-8-5-9-15-26/h6-7,10-13,16H,3-5,8-9,14-15H2,1-2H3,(H,24,27). The van der Waals surface area contributed by atoms with Crippen LogP contribution in [0, 0.1) is 5.82 Å². The van der Waals surface area contributed by atoms with E-state index < -0.39 is 36.7 Å². The molecule has 33 heavy (non-hydrogen) atoms. The first-order valence-electron chi connectivity index (χ1n) is 10.8. The van der Waals surface area contributed by atoms with Crippen LogP contribution in [-0.2, 0) is 20.0 Å². The van der Waals surface area contributed by atoms with Gasteiger partial charge in [-0.1, -0.05) is 32.4 Å². The van der Waals surface area contributed by atoms with Gasteiger partial charge in [-0.2, -0.15) is 8.61 Å². The SMILES string of the molecule is CCN(CC)S(=O)(=O)c1cc(C(=O)Nc2ccccc2S(=O)(=O)N2CCCCC2)ccc1F. The Hall–Kier alpha value is -2.34. The molecule has 0 saturated carbocycles. The van der Waals surface area contributed by atoms with Crippen LogP contribution in [0.3, 0.4) is 0 Å². The summed E-state index contributed by atoms with van der Waals surface area (Å²) in [5, 5.41) is 2.55. The maximum absolute atomic E-state index is 14.4. The summed E-state index contributed by atoms with van der Waals surface area (Å²) in [5.74, 6) is -1.71. The smallest absolute Gasteiger partial charge is 0.255 e. The number of piperidine rings is 1. The Morgan fingerprint density at radius 2 is 1.61 bits per heavy atom. The van der Waals surface area contributed by atoms with E-state index >= 15 is 0 Å². The molecule has 0 spiro atoms. The number of sulfonamides is 2. The summed E-state index contributed by atoms with van der Waals surface area (Å²) < 4.78 is 68.7. The molecule has 0 atom stereocenters. The number of nitrogens with one attached hydrogen (secondary N) is 1. The highest BCUT2D eigenvalue weighted by atomic mass is 32.2. The molecule has 0 aromatic heterocycles. The van der Waals surface area contributed by atoms with Crippen LogP contribution in [0.2, 0.25) is 0 Å². The van der Waals surface area contributed by atoms with E-state index in [2.05, 4.69) is 5.32 Å². The maximum atomic E-state index is 14.4. The van der Waals surface area contributed by atoms with Crippen molar-refractivity contribution in [3.05, 3.63) is 53.8 Å². The molecule has 8 nitrogen and oxygen atoms in total. The highest BCUT2D eigenvalue weighted by Gasteiger charge is 2.29. The molecule has 180 valence electrons. The number of hydrogen-bond acceptors (Lipinski definition) is 5. The Morgan fingerprint density at radius 3 is 2.24 bits per heavy atom. The van der Waals surface area contributed by atoms with E-state index in [1.807, 2.05) is 0 Å². The normalized spacial score (nSPS) is 15.5. The summed E-state index contributed by atoms with van der Waals surface area (Å²) in [7, 11) is -7.95. The molecule has 11 heteroatoms. The molecule has 2 aromatic carbocycles. The number of hydrogen-bond donors (Lipinski definition) is 1. The molecule has 2 aromatic rings. The number of carbonyl (C=O) groups is 1. The molecule has 1 fully saturated rings. The lowest BCUT2D eigenvalue weighted by molar-refractivity contribution is 0.102. The molecule has 0 unspecified atom stereocenters. The summed E-state index contributed by atoms with van der Waals surface area (Å²) in [6, 6.07) is 9.09. The highest BCUT2D eigenvalue weighted by molar-refractivity contribution is 7.89. The van der Waals surface area contributed by atoms with Crippen LogP contribution in [0.15, 0.2) is 52.3 Å². The van der Waals surface area contributed by atoms with Crippen LogP contribution in [0.1, 0.15) is 43.5 Å². The Balaban J connectivity index is 1.94. The molecule has 1 heterocycles. The fourth-order valence-corrected chi connectivity index (χ4v) is 6.99. The zero-order chi connectivity index (χ0) is 24.2. The Labute approximate surface area is 194 Å². The first-order chi connectivity index (χ1) is 15.6. The van der Waals surface area contributed by atoms with Gasteiger partial charge in [0.1, 0.15) is 15.6 Å². The van der Waals surface area contributed by atoms with E-state index in [4.69, 9.17) is 0 Å². The molecule has 1 saturated heterocycles. The zero-order valence-electron chi connectivity index (χ0n) is 18.6. The fraction of sp³-hybridized carbons (Fsp3) is 0.409. The number of carbonyl (C=O) groups excluding carboxylic acids is 1. The Kier molecular flexibility index (Phi) is 7.88. The molecule has 1 N–H and O–H groups in total. The molecule has 0 aliphatic carbocycles. The van der Waals surface area contributed by atoms with Gasteiger partial charge in [-0.15, -0.1) is 0 Å². The first-order valence-corrected chi connectivity index (χ1v) is 13.7. The van der Waals surface area contributed by atoms with Gasteiger partial charge >= 0.3 is 0 Å². The van der Waals surface area contributed by atoms with Crippen LogP contribution in [0.4, 0.5) is 10.1 Å². The van der Waals surface area contributed by atoms with Crippen LogP contribution in [-0.4, -0.2) is 57.5 Å². The van der Waals surface area contributed by atoms with Gasteiger partial charge in [-0.05, 0) is 43.2 Å². The van der Waals surface area contributed by atoms with Gasteiger partial charge in [-0.3, -0.25) is 4.79 Å². The second kappa shape index (κ2) is 10.3. The topological polar surface area (TPSA) is 104 Å². The lowest BCUT2D eigenvalue weighted by Crippen LogP contribution is -2.36. The average Bonchev–Trinajstić information content (AvgIpc) is 2.80. The third kappa shape index (κ3) is 5.26. The lowest BCUT2D eigenvalue weighted by Gasteiger charge is -2.26. The predicted octanol–water partition coefficient (Wildman–Crippen LogP) is 3.28. The quantitative estimate of drug-likeness (QED) is 0.603. The van der Waals surface area contributed by atoms with Crippen molar-refractivity contribution in [2.45, 2.75) is 42.9 Å². The van der Waals surface area contributed by atoms with Gasteiger partial charge in [0.25, 0.3) is 5.91 Å². The zero-order valence-corrected chi connectivity index (χ0v) is 20.3. The van der Waals surface area contributed by atoms with Crippen LogP contribution >= 0.6 is 0 Å². The third-order valence-electron chi connectivity index (χ3n) is 5.58. The molecule has 1 aliphatic heterocycles. The molecule has 1 aliphatic rings. The van der Waals surface area contributed by atoms with E-state index in [1.54, 1.807) is 26.0 Å². The van der Waals surface area contributed by atoms with E-state index in [0.29, 0.717) is 13.1 Å². The second-order valence-corrected chi connectivity index (χ2v) is 11.5. The molecular weight excluding hydrogens is 469 g/mol. The number of anilines is 1. The summed E-state index contributed by atoms with van der Waals surface area (Å²) in [6.07, 6.45) is 2.51. The summed E-state index contributed by atoms with van der Waals surface area (Å²) in [4.78, 5) is 12.3. The first kappa shape index (κ1) is 25.3. The van der Waals surface area contributed by atoms with E-state index in [0.717, 1.165) is 41.8 Å². The van der Waals surface area contributed by atoms with Gasteiger partial charge in [0.15, 0.2) is 0 Å². The number of para-hydroxylation sites is 1. The van der Waals surface area contributed by atoms with Crippen molar-refractivity contribution in [1.82, 2.24) is 8.61 Å². The molecule has 0 radical (unpaired) electrons. The maximum Gasteiger partial charge on any atom is 0.255 e. The minimum Gasteiger partial charge on any atom is -0.321 e. The molecule has 3 rings (SSSR count). The fourth-order valence-electron chi connectivity index (χ4n) is 3.78. The third-order valence-corrected chi connectivity index (χ3v) is 9.61. The van der Waals surface area contributed by atoms with Gasteiger partial charge in [0, 0.05) is 31.7 Å². The minimum absolute atomic E-state index is 0.0432. The van der Waals surface area contributed by atoms with Gasteiger partial charge in [-0.25, -0.2) is 21.2 Å². The average molecular weight is 498 g/mol. The lowest BCUT2D eigenvalue weighted by atomic mass is 10.2. The minimum atomic E-state index is -4.13. The van der Waals surface area contributed by atoms with E-state index in [9.17, 15) is 26.0 Å². The summed E-state index contributed by atoms with van der Waals surface area (Å²) >= 11 is 0.